The van der Waals surface area contributed by atoms with Crippen molar-refractivity contribution in [3.63, 3.8) is 0 Å². The van der Waals surface area contributed by atoms with Gasteiger partial charge in [-0.3, -0.25) is 13.4 Å². The van der Waals surface area contributed by atoms with Gasteiger partial charge in [0.15, 0.2) is 0 Å². The van der Waals surface area contributed by atoms with Crippen LogP contribution < -0.4 is 8.61 Å². The highest BCUT2D eigenvalue weighted by atomic mass is 32.3. The van der Waals surface area contributed by atoms with E-state index in [4.69, 9.17) is 0 Å². The van der Waals surface area contributed by atoms with Gasteiger partial charge in [0.05, 0.1) is 23.2 Å². The molecule has 1 aliphatic rings. The number of fused-ring (bicyclic) bond motifs is 1. The van der Waals surface area contributed by atoms with Crippen LogP contribution in [0.2, 0.25) is 0 Å². The van der Waals surface area contributed by atoms with Crippen molar-refractivity contribution < 1.29 is 14.2 Å². The van der Waals surface area contributed by atoms with E-state index in [-0.39, 0.29) is 0 Å². The normalized spacial score (nSPS) is 18.3. The summed E-state index contributed by atoms with van der Waals surface area (Å²) in [4.78, 5) is 1.91. The predicted molar refractivity (Wildman–Crippen MR) is 104 cm³/mol. The predicted octanol–water partition coefficient (Wildman–Crippen LogP) is 3.54. The molecular formula is C18H25N3O3S. The maximum absolute atomic E-state index is 11.0. The third-order valence-electron chi connectivity index (χ3n) is 4.14. The number of rotatable bonds is 6. The lowest BCUT2D eigenvalue weighted by atomic mass is 10.2. The minimum atomic E-state index is -3.22. The Balaban J connectivity index is 1.89. The Labute approximate surface area is 150 Å². The van der Waals surface area contributed by atoms with E-state index in [9.17, 15) is 14.2 Å². The van der Waals surface area contributed by atoms with Crippen LogP contribution in [0.15, 0.2) is 54.6 Å². The molecule has 1 atom stereocenters. The fraction of sp³-hybridized carbons (Fsp3) is 0.333. The van der Waals surface area contributed by atoms with Gasteiger partial charge in [-0.15, -0.1) is 0 Å². The number of hydrogen-bond acceptors (Lipinski definition) is 6. The standard InChI is InChI=1S/C18H25N3O3S/c1-19(2)14-16(22)12-13-20-17-10-6-7-11-18(17)21(25(20,23)24)15-8-4-3-5-9-15/h3-11,16,22-24H,12-14H2,1-2H3/t16-/m0/s1. The van der Waals surface area contributed by atoms with Gasteiger partial charge < -0.3 is 10.0 Å². The highest BCUT2D eigenvalue weighted by molar-refractivity contribution is 8.27. The van der Waals surface area contributed by atoms with Crippen LogP contribution in [-0.4, -0.2) is 52.4 Å². The topological polar surface area (TPSA) is 70.4 Å². The molecule has 1 aliphatic heterocycles. The lowest BCUT2D eigenvalue weighted by molar-refractivity contribution is 0.131. The molecule has 0 bridgehead atoms. The van der Waals surface area contributed by atoms with Crippen molar-refractivity contribution in [3.8, 4) is 0 Å². The van der Waals surface area contributed by atoms with Gasteiger partial charge in [-0.2, -0.15) is 0 Å². The molecule has 0 amide bonds. The summed E-state index contributed by atoms with van der Waals surface area (Å²) in [6, 6.07) is 16.9. The van der Waals surface area contributed by atoms with Crippen molar-refractivity contribution in [1.82, 2.24) is 4.90 Å². The molecule has 0 unspecified atom stereocenters. The van der Waals surface area contributed by atoms with Crippen LogP contribution >= 0.6 is 11.0 Å². The third-order valence-corrected chi connectivity index (χ3v) is 6.01. The highest BCUT2D eigenvalue weighted by Gasteiger charge is 2.41. The van der Waals surface area contributed by atoms with E-state index in [2.05, 4.69) is 0 Å². The van der Waals surface area contributed by atoms with E-state index in [1.807, 2.05) is 73.6 Å². The van der Waals surface area contributed by atoms with Crippen LogP contribution in [0, 0.1) is 0 Å². The molecule has 0 aromatic heterocycles. The number of likely N-dealkylation sites (N-methyl/N-ethyl adjacent to an activating group) is 1. The molecule has 7 heteroatoms. The first-order chi connectivity index (χ1) is 11.9. The van der Waals surface area contributed by atoms with Gasteiger partial charge in [0.25, 0.3) is 0 Å². The van der Waals surface area contributed by atoms with E-state index in [0.717, 1.165) is 17.1 Å². The van der Waals surface area contributed by atoms with Crippen LogP contribution in [0.1, 0.15) is 6.42 Å². The number of hydrogen-bond donors (Lipinski definition) is 3. The molecule has 2 aromatic rings. The highest BCUT2D eigenvalue weighted by Crippen LogP contribution is 2.63. The number of para-hydroxylation sites is 3. The van der Waals surface area contributed by atoms with E-state index in [1.54, 1.807) is 8.61 Å². The molecule has 6 nitrogen and oxygen atoms in total. The Morgan fingerprint density at radius 2 is 1.56 bits per heavy atom. The van der Waals surface area contributed by atoms with E-state index in [1.165, 1.54) is 0 Å². The van der Waals surface area contributed by atoms with E-state index < -0.39 is 17.1 Å². The molecule has 0 aliphatic carbocycles. The summed E-state index contributed by atoms with van der Waals surface area (Å²) >= 11 is 0. The van der Waals surface area contributed by atoms with Crippen LogP contribution in [0.25, 0.3) is 0 Å². The number of anilines is 3. The Hall–Kier alpha value is -1.77. The molecule has 0 fully saturated rings. The molecule has 3 N–H and O–H groups in total. The molecule has 0 spiro atoms. The maximum Gasteiger partial charge on any atom is 0.0896 e. The maximum atomic E-state index is 11.0. The monoisotopic (exact) mass is 363 g/mol. The zero-order valence-electron chi connectivity index (χ0n) is 14.5. The van der Waals surface area contributed by atoms with Crippen molar-refractivity contribution in [2.45, 2.75) is 12.5 Å². The summed E-state index contributed by atoms with van der Waals surface area (Å²) in [5, 5.41) is 10.1. The Kier molecular flexibility index (Phi) is 5.21. The van der Waals surface area contributed by atoms with Gasteiger partial charge >= 0.3 is 0 Å². The van der Waals surface area contributed by atoms with Crippen molar-refractivity contribution in [1.29, 1.82) is 0 Å². The van der Waals surface area contributed by atoms with Crippen LogP contribution in [0.3, 0.4) is 0 Å². The second kappa shape index (κ2) is 7.23. The zero-order valence-corrected chi connectivity index (χ0v) is 15.3. The fourth-order valence-electron chi connectivity index (χ4n) is 3.08. The second-order valence-corrected chi connectivity index (χ2v) is 8.20. The molecular weight excluding hydrogens is 338 g/mol. The van der Waals surface area contributed by atoms with Gasteiger partial charge in [0.1, 0.15) is 0 Å². The summed E-state index contributed by atoms with van der Waals surface area (Å²) < 4.78 is 25.2. The van der Waals surface area contributed by atoms with E-state index >= 15 is 0 Å². The Morgan fingerprint density at radius 1 is 0.960 bits per heavy atom. The Bertz CT molecular complexity index is 712. The molecule has 0 saturated carbocycles. The summed E-state index contributed by atoms with van der Waals surface area (Å²) in [7, 11) is 0.582. The largest absolute Gasteiger partial charge is 0.392 e. The first-order valence-corrected chi connectivity index (χ1v) is 9.70. The van der Waals surface area contributed by atoms with Crippen molar-refractivity contribution in [2.75, 3.05) is 35.8 Å². The number of aliphatic hydroxyl groups is 1. The summed E-state index contributed by atoms with van der Waals surface area (Å²) in [6.07, 6.45) is -0.0755. The quantitative estimate of drug-likeness (QED) is 0.729. The summed E-state index contributed by atoms with van der Waals surface area (Å²) in [5.41, 5.74) is 2.26. The molecule has 2 aromatic carbocycles. The van der Waals surface area contributed by atoms with E-state index in [0.29, 0.717) is 19.5 Å². The smallest absolute Gasteiger partial charge is 0.0896 e. The van der Waals surface area contributed by atoms with Crippen molar-refractivity contribution in [3.05, 3.63) is 54.6 Å². The van der Waals surface area contributed by atoms with Gasteiger partial charge in [0.2, 0.25) is 0 Å². The first kappa shape index (κ1) is 18.0. The minimum absolute atomic E-state index is 0.359. The molecule has 1 heterocycles. The van der Waals surface area contributed by atoms with Gasteiger partial charge in [-0.1, -0.05) is 30.3 Å². The summed E-state index contributed by atoms with van der Waals surface area (Å²) in [5.74, 6) is 0. The molecule has 3 rings (SSSR count). The molecule has 136 valence electrons. The average molecular weight is 363 g/mol. The lowest BCUT2D eigenvalue weighted by Gasteiger charge is -2.44. The molecule has 25 heavy (non-hydrogen) atoms. The third kappa shape index (κ3) is 3.61. The number of nitrogens with zero attached hydrogens (tertiary/aromatic N) is 3. The van der Waals surface area contributed by atoms with Crippen LogP contribution in [-0.2, 0) is 0 Å². The first-order valence-electron chi connectivity index (χ1n) is 8.24. The average Bonchev–Trinajstić information content (AvgIpc) is 2.79. The lowest BCUT2D eigenvalue weighted by Crippen LogP contribution is -2.35. The second-order valence-electron chi connectivity index (χ2n) is 6.42. The summed E-state index contributed by atoms with van der Waals surface area (Å²) in [6.45, 7) is 0.898. The van der Waals surface area contributed by atoms with Gasteiger partial charge in [0, 0.05) is 13.1 Å². The van der Waals surface area contributed by atoms with Gasteiger partial charge in [-0.25, -0.2) is 4.31 Å². The fourth-order valence-corrected chi connectivity index (χ4v) is 4.86. The van der Waals surface area contributed by atoms with Gasteiger partial charge in [-0.05, 0) is 55.7 Å². The SMILES string of the molecule is CN(C)C[C@@H](O)CCN1c2ccccc2N(c2ccccc2)S1(O)O. The molecule has 0 saturated heterocycles. The van der Waals surface area contributed by atoms with Crippen molar-refractivity contribution >= 4 is 28.0 Å². The molecule has 0 radical (unpaired) electrons. The number of aliphatic hydroxyl groups excluding tert-OH is 1. The zero-order chi connectivity index (χ0) is 18.0. The minimum Gasteiger partial charge on any atom is -0.392 e. The van der Waals surface area contributed by atoms with Crippen molar-refractivity contribution in [2.24, 2.45) is 0 Å². The Morgan fingerprint density at radius 3 is 2.20 bits per heavy atom. The van der Waals surface area contributed by atoms with Crippen LogP contribution in [0.4, 0.5) is 17.1 Å². The van der Waals surface area contributed by atoms with Crippen LogP contribution in [0.5, 0.6) is 0 Å². The number of benzene rings is 2.